The maximum absolute atomic E-state index is 16.2. The quantitative estimate of drug-likeness (QED) is 0.388. The SMILES string of the molecule is C[C@H]1CC2(Cc3ccc(F)cc3)c3ccc(C(C)(F)C(F)(F)F)cc3CCC2N1C(=O)[C@]1(F)CC[C@@H](C(=O)O)CC1. The Bertz CT molecular complexity index is 1330. The summed E-state index contributed by atoms with van der Waals surface area (Å²) in [6, 6.07) is 8.83. The van der Waals surface area contributed by atoms with Gasteiger partial charge in [0.1, 0.15) is 5.82 Å². The maximum Gasteiger partial charge on any atom is 0.426 e. The van der Waals surface area contributed by atoms with Crippen molar-refractivity contribution in [1.82, 2.24) is 4.90 Å². The van der Waals surface area contributed by atoms with Crippen LogP contribution in [0.4, 0.5) is 26.3 Å². The van der Waals surface area contributed by atoms with E-state index in [9.17, 15) is 36.6 Å². The Kier molecular flexibility index (Phi) is 7.22. The number of carboxylic acids is 1. The van der Waals surface area contributed by atoms with Crippen molar-refractivity contribution in [3.05, 3.63) is 70.5 Å². The third kappa shape index (κ3) is 4.91. The summed E-state index contributed by atoms with van der Waals surface area (Å²) in [5, 5.41) is 9.33. The second-order valence-electron chi connectivity index (χ2n) is 12.2. The number of aryl methyl sites for hydroxylation is 1. The fourth-order valence-electron chi connectivity index (χ4n) is 7.43. The maximum atomic E-state index is 16.2. The van der Waals surface area contributed by atoms with Crippen LogP contribution in [0.3, 0.4) is 0 Å². The first-order chi connectivity index (χ1) is 19.1. The first kappa shape index (κ1) is 29.5. The lowest BCUT2D eigenvalue weighted by Gasteiger charge is -2.45. The van der Waals surface area contributed by atoms with Crippen LogP contribution in [0.1, 0.15) is 74.6 Å². The number of fused-ring (bicyclic) bond motifs is 3. The number of carboxylic acid groups (broad SMARTS) is 1. The number of halogens is 6. The monoisotopic (exact) mass is 581 g/mol. The highest BCUT2D eigenvalue weighted by Crippen LogP contribution is 2.54. The van der Waals surface area contributed by atoms with Gasteiger partial charge in [0.05, 0.1) is 5.92 Å². The van der Waals surface area contributed by atoms with Gasteiger partial charge in [-0.3, -0.25) is 9.59 Å². The molecule has 1 saturated heterocycles. The number of amides is 1. The number of rotatable bonds is 5. The number of likely N-dealkylation sites (tertiary alicyclic amines) is 1. The van der Waals surface area contributed by atoms with Crippen molar-refractivity contribution in [3.8, 4) is 0 Å². The van der Waals surface area contributed by atoms with Gasteiger partial charge in [0.2, 0.25) is 5.67 Å². The van der Waals surface area contributed by atoms with Crippen molar-refractivity contribution in [1.29, 1.82) is 0 Å². The minimum absolute atomic E-state index is 0.0536. The molecule has 2 aliphatic carbocycles. The Morgan fingerprint density at radius 1 is 1.02 bits per heavy atom. The van der Waals surface area contributed by atoms with E-state index in [4.69, 9.17) is 0 Å². The zero-order chi connectivity index (χ0) is 30.0. The minimum atomic E-state index is -5.11. The van der Waals surface area contributed by atoms with Gasteiger partial charge in [0.25, 0.3) is 5.91 Å². The van der Waals surface area contributed by atoms with Gasteiger partial charge in [-0.1, -0.05) is 30.3 Å². The number of hydrogen-bond donors (Lipinski definition) is 1. The molecule has 41 heavy (non-hydrogen) atoms. The molecule has 2 fully saturated rings. The van der Waals surface area contributed by atoms with Crippen molar-refractivity contribution >= 4 is 11.9 Å². The number of benzene rings is 2. The molecule has 1 N–H and O–H groups in total. The fourth-order valence-corrected chi connectivity index (χ4v) is 7.43. The van der Waals surface area contributed by atoms with Crippen LogP contribution < -0.4 is 0 Å². The molecular weight excluding hydrogens is 548 g/mol. The highest BCUT2D eigenvalue weighted by atomic mass is 19.4. The first-order valence-electron chi connectivity index (χ1n) is 14.0. The predicted molar refractivity (Wildman–Crippen MR) is 139 cm³/mol. The smallest absolute Gasteiger partial charge is 0.426 e. The molecule has 3 unspecified atom stereocenters. The average Bonchev–Trinajstić information content (AvgIpc) is 3.20. The van der Waals surface area contributed by atoms with Crippen LogP contribution >= 0.6 is 0 Å². The topological polar surface area (TPSA) is 57.6 Å². The van der Waals surface area contributed by atoms with Crippen molar-refractivity contribution in [2.75, 3.05) is 0 Å². The summed E-state index contributed by atoms with van der Waals surface area (Å²) >= 11 is 0. The van der Waals surface area contributed by atoms with Gasteiger partial charge in [-0.15, -0.1) is 0 Å². The van der Waals surface area contributed by atoms with E-state index >= 15 is 4.39 Å². The fraction of sp³-hybridized carbons (Fsp3) is 0.548. The van der Waals surface area contributed by atoms with E-state index in [1.165, 1.54) is 24.3 Å². The molecule has 4 atom stereocenters. The standard InChI is InChI=1S/C31H33F6NO3/c1-18-16-29(17-19-3-7-23(32)8-4-19)24-9-6-22(28(2,33)31(35,36)37)15-21(24)5-10-25(29)38(18)27(41)30(34)13-11-20(12-14-30)26(39)40/h3-4,6-9,15,18,20,25H,5,10-14,16-17H2,1-2H3,(H,39,40)/t18-,20-,25?,28?,29?,30+/m0/s1. The third-order valence-corrected chi connectivity index (χ3v) is 9.69. The molecule has 222 valence electrons. The summed E-state index contributed by atoms with van der Waals surface area (Å²) in [6.45, 7) is 2.30. The van der Waals surface area contributed by atoms with Crippen LogP contribution in [-0.4, -0.2) is 45.8 Å². The zero-order valence-electron chi connectivity index (χ0n) is 22.9. The molecule has 5 rings (SSSR count). The van der Waals surface area contributed by atoms with Gasteiger partial charge >= 0.3 is 12.1 Å². The number of carbonyl (C=O) groups is 2. The summed E-state index contributed by atoms with van der Waals surface area (Å²) in [5.41, 5.74) is -5.11. The zero-order valence-corrected chi connectivity index (χ0v) is 22.9. The Labute approximate surface area is 234 Å². The molecule has 0 aromatic heterocycles. The van der Waals surface area contributed by atoms with E-state index < -0.39 is 64.2 Å². The summed E-state index contributed by atoms with van der Waals surface area (Å²) in [6.07, 6.45) is -4.09. The molecule has 1 heterocycles. The summed E-state index contributed by atoms with van der Waals surface area (Å²) in [5.74, 6) is -2.83. The van der Waals surface area contributed by atoms with Crippen LogP contribution in [0.2, 0.25) is 0 Å². The Balaban J connectivity index is 1.55. The predicted octanol–water partition coefficient (Wildman–Crippen LogP) is 6.97. The van der Waals surface area contributed by atoms with Crippen LogP contribution in [0.5, 0.6) is 0 Å². The highest BCUT2D eigenvalue weighted by molar-refractivity contribution is 5.87. The number of nitrogens with zero attached hydrogens (tertiary/aromatic N) is 1. The van der Waals surface area contributed by atoms with Crippen molar-refractivity contribution in [2.45, 2.75) is 100 Å². The summed E-state index contributed by atoms with van der Waals surface area (Å²) in [7, 11) is 0. The van der Waals surface area contributed by atoms with Crippen LogP contribution in [0.25, 0.3) is 0 Å². The molecule has 0 spiro atoms. The lowest BCUT2D eigenvalue weighted by Crippen LogP contribution is -2.56. The van der Waals surface area contributed by atoms with Crippen LogP contribution in [0, 0.1) is 11.7 Å². The molecule has 10 heteroatoms. The second kappa shape index (κ2) is 10.1. The summed E-state index contributed by atoms with van der Waals surface area (Å²) in [4.78, 5) is 26.9. The molecule has 0 bridgehead atoms. The molecule has 1 saturated carbocycles. The number of hydrogen-bond acceptors (Lipinski definition) is 2. The Morgan fingerprint density at radius 2 is 1.66 bits per heavy atom. The first-order valence-corrected chi connectivity index (χ1v) is 14.0. The van der Waals surface area contributed by atoms with E-state index in [0.29, 0.717) is 37.3 Å². The van der Waals surface area contributed by atoms with Crippen molar-refractivity contribution in [3.63, 3.8) is 0 Å². The van der Waals surface area contributed by atoms with E-state index in [1.54, 1.807) is 17.0 Å². The number of carbonyl (C=O) groups excluding carboxylic acids is 1. The van der Waals surface area contributed by atoms with Gasteiger partial charge < -0.3 is 10.0 Å². The lowest BCUT2D eigenvalue weighted by molar-refractivity contribution is -0.228. The van der Waals surface area contributed by atoms with Crippen molar-refractivity contribution in [2.24, 2.45) is 5.92 Å². The minimum Gasteiger partial charge on any atom is -0.481 e. The molecule has 2 aromatic carbocycles. The average molecular weight is 582 g/mol. The molecule has 4 nitrogen and oxygen atoms in total. The molecule has 2 aromatic rings. The van der Waals surface area contributed by atoms with Gasteiger partial charge in [0, 0.05) is 17.5 Å². The second-order valence-corrected chi connectivity index (χ2v) is 12.2. The van der Waals surface area contributed by atoms with Crippen molar-refractivity contribution < 1.29 is 41.0 Å². The molecule has 1 aliphatic heterocycles. The van der Waals surface area contributed by atoms with Gasteiger partial charge in [-0.25, -0.2) is 13.2 Å². The number of alkyl halides is 5. The van der Waals surface area contributed by atoms with E-state index in [2.05, 4.69) is 0 Å². The third-order valence-electron chi connectivity index (χ3n) is 9.69. The molecule has 1 amide bonds. The molecular formula is C31H33F6NO3. The Morgan fingerprint density at radius 3 is 2.24 bits per heavy atom. The normalized spacial score (nSPS) is 31.2. The van der Waals surface area contributed by atoms with Gasteiger partial charge in [-0.05, 0) is 99.6 Å². The van der Waals surface area contributed by atoms with Crippen LogP contribution in [-0.2, 0) is 33.5 Å². The van der Waals surface area contributed by atoms with E-state index in [0.717, 1.165) is 11.6 Å². The van der Waals surface area contributed by atoms with E-state index in [1.807, 2.05) is 6.92 Å². The Hall–Kier alpha value is -3.04. The highest BCUT2D eigenvalue weighted by Gasteiger charge is 2.59. The molecule has 0 radical (unpaired) electrons. The van der Waals surface area contributed by atoms with Crippen LogP contribution in [0.15, 0.2) is 42.5 Å². The van der Waals surface area contributed by atoms with Gasteiger partial charge in [0.15, 0.2) is 5.67 Å². The lowest BCUT2D eigenvalue weighted by atomic mass is 9.63. The van der Waals surface area contributed by atoms with E-state index in [-0.39, 0.29) is 32.1 Å². The van der Waals surface area contributed by atoms with Gasteiger partial charge in [-0.2, -0.15) is 13.2 Å². The summed E-state index contributed by atoms with van der Waals surface area (Å²) < 4.78 is 85.4. The number of aliphatic carboxylic acids is 1. The largest absolute Gasteiger partial charge is 0.481 e. The molecule has 3 aliphatic rings.